The Morgan fingerprint density at radius 2 is 1.70 bits per heavy atom. The van der Waals surface area contributed by atoms with E-state index in [1.807, 2.05) is 65.5 Å². The van der Waals surface area contributed by atoms with Gasteiger partial charge in [-0.15, -0.1) is 5.10 Å². The monoisotopic (exact) mass is 451 g/mol. The van der Waals surface area contributed by atoms with Crippen LogP contribution >= 0.6 is 11.6 Å². The lowest BCUT2D eigenvalue weighted by Gasteiger charge is -2.10. The molecule has 1 heterocycles. The Bertz CT molecular complexity index is 1010. The van der Waals surface area contributed by atoms with Crippen molar-refractivity contribution in [3.63, 3.8) is 0 Å². The van der Waals surface area contributed by atoms with Crippen molar-refractivity contribution in [3.8, 4) is 22.7 Å². The Morgan fingerprint density at radius 1 is 1.10 bits per heavy atom. The Balaban J connectivity index is 0.000000575. The van der Waals surface area contributed by atoms with Crippen LogP contribution in [-0.2, 0) is 10.1 Å². The zero-order valence-electron chi connectivity index (χ0n) is 17.2. The molecule has 2 aromatic carbocycles. The maximum absolute atomic E-state index is 9.19. The molecule has 30 heavy (non-hydrogen) atoms. The molecule has 9 heteroatoms. The van der Waals surface area contributed by atoms with Gasteiger partial charge in [-0.2, -0.15) is 8.42 Å². The molecular formula is C21H26ClN3O4S. The summed E-state index contributed by atoms with van der Waals surface area (Å²) in [6.07, 6.45) is 3.66. The van der Waals surface area contributed by atoms with Crippen LogP contribution in [0.15, 0.2) is 60.8 Å². The van der Waals surface area contributed by atoms with E-state index >= 15 is 0 Å². The molecular weight excluding hydrogens is 426 g/mol. The Hall–Kier alpha value is -2.39. The second-order valence-electron chi connectivity index (χ2n) is 6.87. The summed E-state index contributed by atoms with van der Waals surface area (Å²) in [6, 6.07) is 17.8. The number of nitrogens with zero attached hydrogens (tertiary/aromatic N) is 3. The number of ether oxygens (including phenoxy) is 1. The van der Waals surface area contributed by atoms with E-state index in [2.05, 4.69) is 24.1 Å². The highest BCUT2D eigenvalue weighted by Crippen LogP contribution is 2.31. The molecule has 0 fully saturated rings. The van der Waals surface area contributed by atoms with Crippen molar-refractivity contribution >= 4 is 21.7 Å². The Labute approximate surface area is 182 Å². The fraction of sp³-hybridized carbons (Fsp3) is 0.286. The van der Waals surface area contributed by atoms with Gasteiger partial charge in [0.25, 0.3) is 10.1 Å². The molecule has 162 valence electrons. The van der Waals surface area contributed by atoms with Crippen LogP contribution in [0.5, 0.6) is 5.88 Å². The number of aromatic nitrogens is 2. The highest BCUT2D eigenvalue weighted by Gasteiger charge is 2.13. The minimum Gasteiger partial charge on any atom is -0.476 e. The summed E-state index contributed by atoms with van der Waals surface area (Å²) < 4.78 is 33.7. The molecule has 0 aliphatic heterocycles. The van der Waals surface area contributed by atoms with Crippen molar-refractivity contribution in [1.29, 1.82) is 0 Å². The molecule has 1 N–H and O–H groups in total. The smallest absolute Gasteiger partial charge is 0.261 e. The number of para-hydroxylation sites is 1. The van der Waals surface area contributed by atoms with Crippen LogP contribution in [-0.4, -0.2) is 61.2 Å². The van der Waals surface area contributed by atoms with Crippen LogP contribution in [0.25, 0.3) is 16.8 Å². The van der Waals surface area contributed by atoms with E-state index in [1.165, 1.54) is 0 Å². The van der Waals surface area contributed by atoms with Gasteiger partial charge < -0.3 is 9.64 Å². The van der Waals surface area contributed by atoms with E-state index in [0.717, 1.165) is 29.8 Å². The van der Waals surface area contributed by atoms with Crippen molar-refractivity contribution in [1.82, 2.24) is 14.7 Å². The van der Waals surface area contributed by atoms with Crippen LogP contribution in [0, 0.1) is 0 Å². The molecule has 0 unspecified atom stereocenters. The first-order valence-corrected chi connectivity index (χ1v) is 11.5. The molecule has 0 saturated heterocycles. The molecule has 0 spiro atoms. The minimum absolute atomic E-state index is 0.630. The second-order valence-corrected chi connectivity index (χ2v) is 8.78. The maximum Gasteiger partial charge on any atom is 0.261 e. The minimum atomic E-state index is -3.67. The van der Waals surface area contributed by atoms with Gasteiger partial charge in [-0.1, -0.05) is 41.9 Å². The van der Waals surface area contributed by atoms with Crippen molar-refractivity contribution in [2.75, 3.05) is 33.5 Å². The predicted octanol–water partition coefficient (Wildman–Crippen LogP) is 4.03. The summed E-state index contributed by atoms with van der Waals surface area (Å²) in [6.45, 7) is 1.61. The zero-order valence-corrected chi connectivity index (χ0v) is 18.8. The Morgan fingerprint density at radius 3 is 2.27 bits per heavy atom. The summed E-state index contributed by atoms with van der Waals surface area (Å²) in [5.41, 5.74) is 3.00. The van der Waals surface area contributed by atoms with E-state index in [1.54, 1.807) is 0 Å². The molecule has 0 amide bonds. The molecule has 3 rings (SSSR count). The molecule has 0 aliphatic carbocycles. The summed E-state index contributed by atoms with van der Waals surface area (Å²) >= 11 is 6.02. The summed E-state index contributed by atoms with van der Waals surface area (Å²) in [5.74, 6) is 0.643. The molecule has 0 aliphatic rings. The third-order valence-corrected chi connectivity index (χ3v) is 4.10. The van der Waals surface area contributed by atoms with Gasteiger partial charge in [0.15, 0.2) is 0 Å². The average molecular weight is 452 g/mol. The number of rotatable bonds is 7. The lowest BCUT2D eigenvalue weighted by Crippen LogP contribution is -2.15. The molecule has 0 radical (unpaired) electrons. The van der Waals surface area contributed by atoms with Gasteiger partial charge in [-0.3, -0.25) is 4.55 Å². The number of hydrogen-bond acceptors (Lipinski definition) is 5. The number of benzene rings is 2. The van der Waals surface area contributed by atoms with Crippen molar-refractivity contribution in [2.24, 2.45) is 0 Å². The molecule has 0 saturated carbocycles. The summed E-state index contributed by atoms with van der Waals surface area (Å²) in [5, 5.41) is 5.36. The predicted molar refractivity (Wildman–Crippen MR) is 120 cm³/mol. The normalized spacial score (nSPS) is 11.1. The van der Waals surface area contributed by atoms with E-state index in [0.29, 0.717) is 23.8 Å². The number of hydrogen-bond donors (Lipinski definition) is 1. The number of halogens is 1. The molecule has 0 bridgehead atoms. The van der Waals surface area contributed by atoms with E-state index < -0.39 is 10.1 Å². The van der Waals surface area contributed by atoms with Crippen LogP contribution in [0.4, 0.5) is 0 Å². The highest BCUT2D eigenvalue weighted by molar-refractivity contribution is 7.85. The molecule has 0 atom stereocenters. The van der Waals surface area contributed by atoms with Crippen molar-refractivity contribution < 1.29 is 17.7 Å². The first-order chi connectivity index (χ1) is 14.1. The molecule has 1 aromatic heterocycles. The first-order valence-electron chi connectivity index (χ1n) is 9.24. The van der Waals surface area contributed by atoms with Gasteiger partial charge in [-0.25, -0.2) is 4.68 Å². The van der Waals surface area contributed by atoms with Crippen LogP contribution in [0.1, 0.15) is 6.42 Å². The SMILES string of the molecule is CN(C)CCCOc1nn(-c2ccccc2)cc1-c1ccc(Cl)cc1.CS(=O)(=O)O. The highest BCUT2D eigenvalue weighted by atomic mass is 35.5. The van der Waals surface area contributed by atoms with Crippen molar-refractivity contribution in [2.45, 2.75) is 6.42 Å². The lowest BCUT2D eigenvalue weighted by atomic mass is 10.1. The van der Waals surface area contributed by atoms with E-state index in [4.69, 9.17) is 20.9 Å². The fourth-order valence-electron chi connectivity index (χ4n) is 2.55. The van der Waals surface area contributed by atoms with E-state index in [-0.39, 0.29) is 0 Å². The lowest BCUT2D eigenvalue weighted by molar-refractivity contribution is 0.273. The van der Waals surface area contributed by atoms with Gasteiger partial charge in [0.05, 0.1) is 24.1 Å². The van der Waals surface area contributed by atoms with Gasteiger partial charge in [0, 0.05) is 17.8 Å². The topological polar surface area (TPSA) is 84.7 Å². The Kier molecular flexibility index (Phi) is 8.86. The third kappa shape index (κ3) is 8.54. The van der Waals surface area contributed by atoms with Gasteiger partial charge in [0.1, 0.15) is 0 Å². The summed E-state index contributed by atoms with van der Waals surface area (Å²) in [4.78, 5) is 2.14. The zero-order chi connectivity index (χ0) is 22.1. The largest absolute Gasteiger partial charge is 0.476 e. The van der Waals surface area contributed by atoms with Crippen LogP contribution in [0.2, 0.25) is 5.02 Å². The second kappa shape index (κ2) is 11.1. The third-order valence-electron chi connectivity index (χ3n) is 3.84. The van der Waals surface area contributed by atoms with Crippen LogP contribution in [0.3, 0.4) is 0 Å². The maximum atomic E-state index is 9.19. The van der Waals surface area contributed by atoms with Crippen LogP contribution < -0.4 is 4.74 Å². The first kappa shape index (κ1) is 23.9. The molecule has 7 nitrogen and oxygen atoms in total. The van der Waals surface area contributed by atoms with Gasteiger partial charge >= 0.3 is 0 Å². The molecule has 3 aromatic rings. The van der Waals surface area contributed by atoms with E-state index in [9.17, 15) is 8.42 Å². The van der Waals surface area contributed by atoms with Crippen molar-refractivity contribution in [3.05, 3.63) is 65.8 Å². The standard InChI is InChI=1S/C20H22ClN3O.CH4O3S/c1-23(2)13-6-14-25-20-19(16-9-11-17(21)12-10-16)15-24(22-20)18-7-4-3-5-8-18;1-5(2,3)4/h3-5,7-12,15H,6,13-14H2,1-2H3;1H3,(H,2,3,4). The quantitative estimate of drug-likeness (QED) is 0.431. The van der Waals surface area contributed by atoms with Gasteiger partial charge in [0.2, 0.25) is 5.88 Å². The van der Waals surface area contributed by atoms with Gasteiger partial charge in [-0.05, 0) is 50.3 Å². The summed E-state index contributed by atoms with van der Waals surface area (Å²) in [7, 11) is 0.451. The fourth-order valence-corrected chi connectivity index (χ4v) is 2.68. The average Bonchev–Trinajstić information content (AvgIpc) is 3.09.